The number of aryl methyl sites for hydroxylation is 1. The first-order chi connectivity index (χ1) is 7.31. The van der Waals surface area contributed by atoms with E-state index in [1.54, 1.807) is 0 Å². The Morgan fingerprint density at radius 3 is 2.50 bits per heavy atom. The lowest BCUT2D eigenvalue weighted by molar-refractivity contribution is -0.137. The number of rotatable bonds is 0. The molecule has 0 spiro atoms. The van der Waals surface area contributed by atoms with Gasteiger partial charge in [0, 0.05) is 0 Å². The SMILES string of the molecule is O=S1(=O)CCCc2cc(C(F)(F)F)ccc21. The maximum Gasteiger partial charge on any atom is 0.416 e. The predicted octanol–water partition coefficient (Wildman–Crippen LogP) is 2.43. The summed E-state index contributed by atoms with van der Waals surface area (Å²) in [5.74, 6) is 0.0192. The number of hydrogen-bond donors (Lipinski definition) is 0. The van der Waals surface area contributed by atoms with Crippen LogP contribution in [0.15, 0.2) is 23.1 Å². The highest BCUT2D eigenvalue weighted by Crippen LogP contribution is 2.33. The minimum atomic E-state index is -4.42. The molecule has 2 rings (SSSR count). The smallest absolute Gasteiger partial charge is 0.224 e. The third kappa shape index (κ3) is 1.93. The number of alkyl halides is 3. The van der Waals surface area contributed by atoms with Crippen molar-refractivity contribution in [2.75, 3.05) is 5.75 Å². The molecule has 0 saturated heterocycles. The lowest BCUT2D eigenvalue weighted by Crippen LogP contribution is -2.17. The largest absolute Gasteiger partial charge is 0.416 e. The third-order valence-corrected chi connectivity index (χ3v) is 4.48. The number of benzene rings is 1. The van der Waals surface area contributed by atoms with Crippen molar-refractivity contribution >= 4 is 9.84 Å². The molecule has 6 heteroatoms. The Morgan fingerprint density at radius 1 is 1.19 bits per heavy atom. The molecule has 0 N–H and O–H groups in total. The molecule has 1 aliphatic rings. The molecule has 1 heterocycles. The van der Waals surface area contributed by atoms with E-state index in [0.29, 0.717) is 12.8 Å². The Morgan fingerprint density at radius 2 is 1.88 bits per heavy atom. The Bertz CT molecular complexity index is 517. The molecule has 0 bridgehead atoms. The normalized spacial score (nSPS) is 19.2. The first-order valence-corrected chi connectivity index (χ1v) is 6.39. The average molecular weight is 250 g/mol. The van der Waals surface area contributed by atoms with Crippen molar-refractivity contribution in [1.29, 1.82) is 0 Å². The van der Waals surface area contributed by atoms with Gasteiger partial charge in [-0.05, 0) is 36.6 Å². The van der Waals surface area contributed by atoms with Crippen LogP contribution in [0.2, 0.25) is 0 Å². The zero-order valence-corrected chi connectivity index (χ0v) is 9.03. The maximum absolute atomic E-state index is 12.4. The van der Waals surface area contributed by atoms with Crippen molar-refractivity contribution in [2.45, 2.75) is 23.9 Å². The molecule has 0 unspecified atom stereocenters. The lowest BCUT2D eigenvalue weighted by atomic mass is 10.1. The van der Waals surface area contributed by atoms with Crippen LogP contribution < -0.4 is 0 Å². The number of halogens is 3. The van der Waals surface area contributed by atoms with Gasteiger partial charge in [0.25, 0.3) is 0 Å². The standard InChI is InChI=1S/C10H9F3O2S/c11-10(12,13)8-3-4-9-7(6-8)2-1-5-16(9,14)15/h3-4,6H,1-2,5H2. The topological polar surface area (TPSA) is 34.1 Å². The minimum absolute atomic E-state index is 0.0192. The van der Waals surface area contributed by atoms with Crippen LogP contribution in [0, 0.1) is 0 Å². The van der Waals surface area contributed by atoms with Crippen LogP contribution in [0.5, 0.6) is 0 Å². The summed E-state index contributed by atoms with van der Waals surface area (Å²) in [5.41, 5.74) is -0.510. The second-order valence-corrected chi connectivity index (χ2v) is 5.82. The van der Waals surface area contributed by atoms with Gasteiger partial charge < -0.3 is 0 Å². The molecular formula is C10H9F3O2S. The molecule has 16 heavy (non-hydrogen) atoms. The van der Waals surface area contributed by atoms with E-state index in [1.165, 1.54) is 0 Å². The summed E-state index contributed by atoms with van der Waals surface area (Å²) < 4.78 is 60.3. The molecule has 1 aliphatic heterocycles. The Hall–Kier alpha value is -1.04. The molecule has 0 aromatic heterocycles. The van der Waals surface area contributed by atoms with Crippen molar-refractivity contribution in [2.24, 2.45) is 0 Å². The molecule has 1 aromatic rings. The molecule has 0 saturated carbocycles. The van der Waals surface area contributed by atoms with Crippen molar-refractivity contribution in [3.8, 4) is 0 Å². The van der Waals surface area contributed by atoms with Gasteiger partial charge in [-0.15, -0.1) is 0 Å². The summed E-state index contributed by atoms with van der Waals surface area (Å²) in [6.45, 7) is 0. The molecule has 0 radical (unpaired) electrons. The first-order valence-electron chi connectivity index (χ1n) is 4.73. The van der Waals surface area contributed by atoms with E-state index in [9.17, 15) is 21.6 Å². The maximum atomic E-state index is 12.4. The zero-order chi connectivity index (χ0) is 12.0. The van der Waals surface area contributed by atoms with Gasteiger partial charge in [0.05, 0.1) is 16.2 Å². The Balaban J connectivity index is 2.57. The first kappa shape index (κ1) is 11.4. The molecule has 2 nitrogen and oxygen atoms in total. The minimum Gasteiger partial charge on any atom is -0.224 e. The van der Waals surface area contributed by atoms with Gasteiger partial charge >= 0.3 is 6.18 Å². The van der Waals surface area contributed by atoms with E-state index in [1.807, 2.05) is 0 Å². The third-order valence-electron chi connectivity index (χ3n) is 2.58. The summed E-state index contributed by atoms with van der Waals surface area (Å²) in [4.78, 5) is 0.0479. The number of hydrogen-bond acceptors (Lipinski definition) is 2. The number of fused-ring (bicyclic) bond motifs is 1. The molecule has 0 atom stereocenters. The summed E-state index contributed by atoms with van der Waals surface area (Å²) in [7, 11) is -3.37. The fourth-order valence-corrected chi connectivity index (χ4v) is 3.40. The van der Waals surface area contributed by atoms with Gasteiger partial charge in [0.15, 0.2) is 9.84 Å². The van der Waals surface area contributed by atoms with Crippen LogP contribution >= 0.6 is 0 Å². The quantitative estimate of drug-likeness (QED) is 0.708. The highest BCUT2D eigenvalue weighted by Gasteiger charge is 2.33. The monoisotopic (exact) mass is 250 g/mol. The zero-order valence-electron chi connectivity index (χ0n) is 8.21. The van der Waals surface area contributed by atoms with Gasteiger partial charge in [0.1, 0.15) is 0 Å². The molecule has 1 aromatic carbocycles. The highest BCUT2D eigenvalue weighted by molar-refractivity contribution is 7.91. The summed E-state index contributed by atoms with van der Waals surface area (Å²) in [6.07, 6.45) is -3.65. The van der Waals surface area contributed by atoms with Crippen molar-refractivity contribution in [3.05, 3.63) is 29.3 Å². The van der Waals surface area contributed by atoms with Crippen molar-refractivity contribution < 1.29 is 21.6 Å². The van der Waals surface area contributed by atoms with E-state index in [2.05, 4.69) is 0 Å². The number of sulfone groups is 1. The molecular weight excluding hydrogens is 241 g/mol. The van der Waals surface area contributed by atoms with Crippen LogP contribution in [0.3, 0.4) is 0 Å². The Kier molecular flexibility index (Phi) is 2.49. The summed E-state index contributed by atoms with van der Waals surface area (Å²) in [5, 5.41) is 0. The Labute approximate surface area is 91.0 Å². The molecule has 0 fully saturated rings. The highest BCUT2D eigenvalue weighted by atomic mass is 32.2. The second-order valence-electron chi connectivity index (χ2n) is 3.74. The fraction of sp³-hybridized carbons (Fsp3) is 0.400. The van der Waals surface area contributed by atoms with E-state index >= 15 is 0 Å². The molecule has 0 amide bonds. The van der Waals surface area contributed by atoms with Crippen molar-refractivity contribution in [1.82, 2.24) is 0 Å². The molecule has 88 valence electrons. The van der Waals surface area contributed by atoms with Crippen LogP contribution in [0.4, 0.5) is 13.2 Å². The van der Waals surface area contributed by atoms with Crippen LogP contribution in [-0.2, 0) is 22.4 Å². The fourth-order valence-electron chi connectivity index (χ4n) is 1.82. The second kappa shape index (κ2) is 3.48. The summed E-state index contributed by atoms with van der Waals surface area (Å²) >= 11 is 0. The van der Waals surface area contributed by atoms with Gasteiger partial charge in [-0.3, -0.25) is 0 Å². The van der Waals surface area contributed by atoms with E-state index in [0.717, 1.165) is 18.2 Å². The van der Waals surface area contributed by atoms with Gasteiger partial charge in [-0.25, -0.2) is 8.42 Å². The van der Waals surface area contributed by atoms with Crippen LogP contribution in [0.1, 0.15) is 17.5 Å². The predicted molar refractivity (Wildman–Crippen MR) is 51.8 cm³/mol. The average Bonchev–Trinajstić information content (AvgIpc) is 2.15. The summed E-state index contributed by atoms with van der Waals surface area (Å²) in [6, 6.07) is 2.82. The molecule has 0 aliphatic carbocycles. The van der Waals surface area contributed by atoms with Crippen LogP contribution in [0.25, 0.3) is 0 Å². The van der Waals surface area contributed by atoms with Crippen molar-refractivity contribution in [3.63, 3.8) is 0 Å². The lowest BCUT2D eigenvalue weighted by Gasteiger charge is -2.17. The van der Waals surface area contributed by atoms with Gasteiger partial charge in [-0.2, -0.15) is 13.2 Å². The van der Waals surface area contributed by atoms with E-state index in [-0.39, 0.29) is 16.2 Å². The van der Waals surface area contributed by atoms with E-state index < -0.39 is 21.6 Å². The van der Waals surface area contributed by atoms with Gasteiger partial charge in [0.2, 0.25) is 0 Å². The van der Waals surface area contributed by atoms with Gasteiger partial charge in [-0.1, -0.05) is 0 Å². The van der Waals surface area contributed by atoms with Crippen LogP contribution in [-0.4, -0.2) is 14.2 Å². The van der Waals surface area contributed by atoms with E-state index in [4.69, 9.17) is 0 Å².